The third-order valence-corrected chi connectivity index (χ3v) is 1.49. The lowest BCUT2D eigenvalue weighted by molar-refractivity contribution is -0.136. The van der Waals surface area contributed by atoms with E-state index in [0.717, 1.165) is 0 Å². The van der Waals surface area contributed by atoms with Crippen LogP contribution < -0.4 is 0 Å². The molecule has 5 nitrogen and oxygen atoms in total. The van der Waals surface area contributed by atoms with Gasteiger partial charge in [-0.05, 0) is 22.9 Å². The van der Waals surface area contributed by atoms with Crippen LogP contribution in [-0.4, -0.2) is 16.2 Å². The molecular formula is C8H7NO4. The fraction of sp³-hybridized carbons (Fsp3) is 0.125. The Morgan fingerprint density at radius 1 is 1.46 bits per heavy atom. The molecule has 68 valence electrons. The highest BCUT2D eigenvalue weighted by molar-refractivity contribution is 5.71. The van der Waals surface area contributed by atoms with E-state index in [1.54, 1.807) is 0 Å². The van der Waals surface area contributed by atoms with Crippen molar-refractivity contribution < 1.29 is 15.0 Å². The van der Waals surface area contributed by atoms with Crippen molar-refractivity contribution in [3.63, 3.8) is 0 Å². The minimum atomic E-state index is -0.998. The second-order valence-corrected chi connectivity index (χ2v) is 2.48. The maximum atomic E-state index is 10.3. The first kappa shape index (κ1) is 9.18. The zero-order valence-corrected chi connectivity index (χ0v) is 6.60. The third kappa shape index (κ3) is 2.26. The van der Waals surface area contributed by atoms with Crippen LogP contribution in [-0.2, 0) is 11.2 Å². The van der Waals surface area contributed by atoms with Gasteiger partial charge in [-0.3, -0.25) is 4.79 Å². The Bertz CT molecular complexity index is 348. The van der Waals surface area contributed by atoms with Gasteiger partial charge < -0.3 is 10.2 Å². The molecule has 0 radical (unpaired) electrons. The Kier molecular flexibility index (Phi) is 2.59. The number of aliphatic carboxylic acids is 1. The van der Waals surface area contributed by atoms with Crippen LogP contribution in [0.4, 0.5) is 5.69 Å². The number of hydrogen-bond acceptors (Lipinski definition) is 4. The van der Waals surface area contributed by atoms with Gasteiger partial charge in [-0.2, -0.15) is 0 Å². The first-order valence-corrected chi connectivity index (χ1v) is 3.50. The molecule has 0 aliphatic rings. The van der Waals surface area contributed by atoms with Gasteiger partial charge in [0.15, 0.2) is 0 Å². The van der Waals surface area contributed by atoms with Crippen molar-refractivity contribution >= 4 is 11.7 Å². The van der Waals surface area contributed by atoms with Crippen LogP contribution in [0, 0.1) is 4.91 Å². The minimum absolute atomic E-state index is 0.140. The van der Waals surface area contributed by atoms with Crippen molar-refractivity contribution in [2.24, 2.45) is 5.18 Å². The molecule has 0 aromatic heterocycles. The summed E-state index contributed by atoms with van der Waals surface area (Å²) in [4.78, 5) is 20.4. The van der Waals surface area contributed by atoms with Crippen molar-refractivity contribution in [2.75, 3.05) is 0 Å². The fourth-order valence-electron chi connectivity index (χ4n) is 0.927. The van der Waals surface area contributed by atoms with Crippen LogP contribution in [0.25, 0.3) is 0 Å². The number of carboxylic acid groups (broad SMARTS) is 1. The fourth-order valence-corrected chi connectivity index (χ4v) is 0.927. The smallest absolute Gasteiger partial charge is 0.307 e. The van der Waals surface area contributed by atoms with E-state index in [-0.39, 0.29) is 17.9 Å². The Hall–Kier alpha value is -1.91. The van der Waals surface area contributed by atoms with Crippen molar-refractivity contribution in [1.29, 1.82) is 0 Å². The van der Waals surface area contributed by atoms with E-state index in [1.807, 2.05) is 0 Å². The highest BCUT2D eigenvalue weighted by atomic mass is 16.4. The third-order valence-electron chi connectivity index (χ3n) is 1.49. The molecule has 0 heterocycles. The van der Waals surface area contributed by atoms with Crippen LogP contribution in [0.5, 0.6) is 5.75 Å². The van der Waals surface area contributed by atoms with Crippen molar-refractivity contribution in [3.8, 4) is 5.75 Å². The molecule has 0 bridgehead atoms. The SMILES string of the molecule is O=Nc1cc(CC(=O)O)ccc1O. The van der Waals surface area contributed by atoms with Crippen molar-refractivity contribution in [1.82, 2.24) is 0 Å². The summed E-state index contributed by atoms with van der Waals surface area (Å²) in [5, 5.41) is 20.0. The molecule has 0 unspecified atom stereocenters. The molecule has 0 atom stereocenters. The molecule has 2 N–H and O–H groups in total. The Morgan fingerprint density at radius 3 is 2.69 bits per heavy atom. The van der Waals surface area contributed by atoms with Crippen LogP contribution in [0.1, 0.15) is 5.56 Å². The van der Waals surface area contributed by atoms with Gasteiger partial charge in [0, 0.05) is 0 Å². The molecular weight excluding hydrogens is 174 g/mol. The van der Waals surface area contributed by atoms with E-state index < -0.39 is 5.97 Å². The maximum absolute atomic E-state index is 10.3. The monoisotopic (exact) mass is 181 g/mol. The van der Waals surface area contributed by atoms with Crippen LogP contribution in [0.3, 0.4) is 0 Å². The van der Waals surface area contributed by atoms with Crippen molar-refractivity contribution in [3.05, 3.63) is 28.7 Å². The van der Waals surface area contributed by atoms with E-state index in [9.17, 15) is 9.70 Å². The van der Waals surface area contributed by atoms with Gasteiger partial charge in [-0.15, -0.1) is 4.91 Å². The predicted molar refractivity (Wildman–Crippen MR) is 44.9 cm³/mol. The number of rotatable bonds is 3. The number of hydrogen-bond donors (Lipinski definition) is 2. The van der Waals surface area contributed by atoms with Gasteiger partial charge in [0.2, 0.25) is 0 Å². The summed E-state index contributed by atoms with van der Waals surface area (Å²) in [6.45, 7) is 0. The molecule has 0 spiro atoms. The highest BCUT2D eigenvalue weighted by Crippen LogP contribution is 2.26. The minimum Gasteiger partial charge on any atom is -0.506 e. The molecule has 0 aliphatic heterocycles. The molecule has 0 amide bonds. The number of phenols is 1. The number of benzene rings is 1. The van der Waals surface area contributed by atoms with Gasteiger partial charge in [0.25, 0.3) is 0 Å². The number of phenolic OH excluding ortho intramolecular Hbond substituents is 1. The molecule has 0 saturated heterocycles. The average molecular weight is 181 g/mol. The summed E-state index contributed by atoms with van der Waals surface area (Å²) in [7, 11) is 0. The summed E-state index contributed by atoms with van der Waals surface area (Å²) in [5.74, 6) is -1.24. The zero-order chi connectivity index (χ0) is 9.84. The second-order valence-electron chi connectivity index (χ2n) is 2.48. The molecule has 1 aromatic carbocycles. The first-order valence-electron chi connectivity index (χ1n) is 3.50. The summed E-state index contributed by atoms with van der Waals surface area (Å²) >= 11 is 0. The normalized spacial score (nSPS) is 9.54. The van der Waals surface area contributed by atoms with E-state index >= 15 is 0 Å². The summed E-state index contributed by atoms with van der Waals surface area (Å²) in [5.41, 5.74) is 0.290. The van der Waals surface area contributed by atoms with Crippen molar-refractivity contribution in [2.45, 2.75) is 6.42 Å². The second kappa shape index (κ2) is 3.66. The molecule has 5 heteroatoms. The lowest BCUT2D eigenvalue weighted by Crippen LogP contribution is -1.99. The lowest BCUT2D eigenvalue weighted by Gasteiger charge is -1.98. The van der Waals surface area contributed by atoms with Gasteiger partial charge in [-0.25, -0.2) is 0 Å². The maximum Gasteiger partial charge on any atom is 0.307 e. The van der Waals surface area contributed by atoms with E-state index in [1.165, 1.54) is 18.2 Å². The van der Waals surface area contributed by atoms with E-state index in [4.69, 9.17) is 10.2 Å². The largest absolute Gasteiger partial charge is 0.506 e. The van der Waals surface area contributed by atoms with Gasteiger partial charge in [0.1, 0.15) is 11.4 Å². The highest BCUT2D eigenvalue weighted by Gasteiger charge is 2.05. The van der Waals surface area contributed by atoms with Crippen LogP contribution in [0.15, 0.2) is 23.4 Å². The summed E-state index contributed by atoms with van der Waals surface area (Å²) in [6, 6.07) is 3.92. The zero-order valence-electron chi connectivity index (χ0n) is 6.60. The molecule has 0 fully saturated rings. The van der Waals surface area contributed by atoms with E-state index in [0.29, 0.717) is 5.56 Å². The number of carboxylic acids is 1. The predicted octanol–water partition coefficient (Wildman–Crippen LogP) is 1.42. The number of nitrogens with zero attached hydrogens (tertiary/aromatic N) is 1. The van der Waals surface area contributed by atoms with E-state index in [2.05, 4.69) is 5.18 Å². The standard InChI is InChI=1S/C8H7NO4/c10-7-2-1-5(4-8(11)12)3-6(7)9-13/h1-3,10H,4H2,(H,11,12). The van der Waals surface area contributed by atoms with Crippen LogP contribution >= 0.6 is 0 Å². The summed E-state index contributed by atoms with van der Waals surface area (Å²) < 4.78 is 0. The number of aromatic hydroxyl groups is 1. The van der Waals surface area contributed by atoms with Crippen LogP contribution in [0.2, 0.25) is 0 Å². The first-order chi connectivity index (χ1) is 6.13. The average Bonchev–Trinajstić information content (AvgIpc) is 2.07. The quantitative estimate of drug-likeness (QED) is 0.690. The number of carbonyl (C=O) groups is 1. The Labute approximate surface area is 73.6 Å². The number of nitroso groups, excluding NO2 is 1. The molecule has 0 saturated carbocycles. The van der Waals surface area contributed by atoms with Gasteiger partial charge >= 0.3 is 5.97 Å². The molecule has 1 rings (SSSR count). The summed E-state index contributed by atoms with van der Waals surface area (Å²) in [6.07, 6.45) is -0.192. The molecule has 0 aliphatic carbocycles. The lowest BCUT2D eigenvalue weighted by atomic mass is 10.1. The molecule has 1 aromatic rings. The van der Waals surface area contributed by atoms with Gasteiger partial charge in [0.05, 0.1) is 6.42 Å². The molecule has 13 heavy (non-hydrogen) atoms. The van der Waals surface area contributed by atoms with Gasteiger partial charge in [-0.1, -0.05) is 6.07 Å². The topological polar surface area (TPSA) is 87.0 Å². The Morgan fingerprint density at radius 2 is 2.15 bits per heavy atom. The Balaban J connectivity index is 2.99.